The van der Waals surface area contributed by atoms with Crippen LogP contribution in [-0.4, -0.2) is 256 Å². The van der Waals surface area contributed by atoms with Gasteiger partial charge in [0.2, 0.25) is 49.1 Å². The molecule has 10 N–H and O–H groups in total. The number of sulfonamides is 4. The maximum atomic E-state index is 11.8. The van der Waals surface area contributed by atoms with Crippen molar-refractivity contribution in [3.63, 3.8) is 0 Å². The molecular weight excluding hydrogens is 1950 g/mol. The molecule has 646 valence electrons. The van der Waals surface area contributed by atoms with Gasteiger partial charge in [-0.1, -0.05) is 27.7 Å². The quantitative estimate of drug-likeness (QED) is 0.00315. The number of quaternary nitrogens is 2. The molecule has 0 saturated carbocycles. The smallest absolute Gasteiger partial charge is 1.00 e. The molecule has 0 aromatic heterocycles. The summed E-state index contributed by atoms with van der Waals surface area (Å²) in [5, 5.41) is 3.21. The number of esters is 10. The molecule has 0 rings (SSSR count). The standard InChI is InChI=1S/C11H20ClNO6S.C11H20INO6S.C11H20N4O6S.C11H22N2O6S.C8H15NO4.C3H6Cl2O2S.2ClH.HI.N3.2Na/c2*1-3-18-10(14)8-9(11(15)19-4-2)13-20(16,17)7-5-6-12;1-3-20-10(16)8-9(11(17)21-4-2)14-22(18,19)7-5-6-13-15-12;1-3-18-10(14)8-9(11(15)19-4-2)13-20(16,17)7-5-6-12;1-3-12-7(10)5-6(9)8(11)13-4-2;4-2-1-3-8(5,6)7;;;;1-3-2;;/h2*9,13H,3-8H2,1-2H3;9,14H,3-8H2,1-2H3;9,13H,3-8,12H2,1-2H3;6H,3-5,9H2,1-2H3;1-3H2;3*1H;;;/q;;;;;;;;;-1;2*+1/p-1. The number of rotatable bonds is 49. The van der Waals surface area contributed by atoms with Gasteiger partial charge in [0.15, 0.2) is 6.04 Å². The Morgan fingerprint density at radius 3 is 0.847 bits per heavy atom. The van der Waals surface area contributed by atoms with E-state index in [9.17, 15) is 90.0 Å². The van der Waals surface area contributed by atoms with E-state index in [0.717, 1.165) is 0 Å². The molecule has 0 amide bonds. The van der Waals surface area contributed by atoms with Gasteiger partial charge >= 0.3 is 119 Å². The molecule has 0 fully saturated rings. The van der Waals surface area contributed by atoms with Crippen molar-refractivity contribution in [1.82, 2.24) is 18.9 Å². The van der Waals surface area contributed by atoms with Crippen molar-refractivity contribution >= 4 is 165 Å². The van der Waals surface area contributed by atoms with E-state index < -0.39 is 158 Å². The van der Waals surface area contributed by atoms with Gasteiger partial charge in [-0.15, -0.1) is 23.2 Å². The van der Waals surface area contributed by atoms with E-state index in [1.54, 1.807) is 69.2 Å². The summed E-state index contributed by atoms with van der Waals surface area (Å²) in [5.74, 6) is -7.15. The Bertz CT molecular complexity index is 3050. The summed E-state index contributed by atoms with van der Waals surface area (Å²) in [6.07, 6.45) is -0.0726. The van der Waals surface area contributed by atoms with Crippen LogP contribution in [0, 0.1) is 0 Å². The van der Waals surface area contributed by atoms with Crippen LogP contribution < -0.4 is 138 Å². The molecule has 0 radical (unpaired) electrons. The SMILES string of the molecule is CCOC(=O)CC(NS(=O)(=O)CCCCl)C(=O)OCC.CCOC(=O)CC(NS(=O)(=O)CCCI)C(=O)OCC.CCOC(=O)CC(NS(=O)(=O)CCCN=[N+]=[N-])C(=O)OCC.CCOC(=O)CC(NS(=O)(=O)CCC[NH3+])C(=O)OCC.CCOC(=O)CC([NH3+])C(=O)OCC.O=S(=O)(Cl)CCCCl.[Cl-].[Cl-].[I-].[N-]=[N+]=[N-].[Na+].[Na+]. The molecule has 0 aromatic carbocycles. The summed E-state index contributed by atoms with van der Waals surface area (Å²) in [6.45, 7) is 18.2. The number of halogens is 7. The molecule has 0 saturated heterocycles. The van der Waals surface area contributed by atoms with Crippen LogP contribution in [-0.2, 0) is 144 Å². The van der Waals surface area contributed by atoms with E-state index >= 15 is 0 Å². The third kappa shape index (κ3) is 91.5. The third-order valence-electron chi connectivity index (χ3n) is 10.6. The Morgan fingerprint density at radius 1 is 0.405 bits per heavy atom. The monoisotopic (exact) mass is 2050 g/mol. The molecule has 0 aromatic rings. The first-order chi connectivity index (χ1) is 49.5. The average Bonchev–Trinajstić information content (AvgIpc) is 0.893. The molecular formula is C55H105Cl5I2N12Na2O30S5. The number of alkyl halides is 3. The second kappa shape index (κ2) is 85.6. The van der Waals surface area contributed by atoms with E-state index in [1.807, 2.05) is 0 Å². The average molecular weight is 2050 g/mol. The fourth-order valence-electron chi connectivity index (χ4n) is 6.46. The first-order valence-corrected chi connectivity index (χ1v) is 44.0. The van der Waals surface area contributed by atoms with E-state index in [-0.39, 0.29) is 228 Å². The Morgan fingerprint density at radius 2 is 0.631 bits per heavy atom. The Balaban J connectivity index is -0.000000106. The van der Waals surface area contributed by atoms with Gasteiger partial charge in [-0.05, 0) is 100 Å². The van der Waals surface area contributed by atoms with Gasteiger partial charge < -0.3 is 119 Å². The molecule has 5 unspecified atom stereocenters. The molecule has 0 heterocycles. The zero-order valence-electron chi connectivity index (χ0n) is 64.1. The Kier molecular flexibility index (Phi) is 104. The van der Waals surface area contributed by atoms with Crippen molar-refractivity contribution in [1.29, 1.82) is 0 Å². The van der Waals surface area contributed by atoms with Crippen LogP contribution in [0.3, 0.4) is 0 Å². The minimum Gasteiger partial charge on any atom is -1.00 e. The van der Waals surface area contributed by atoms with E-state index in [2.05, 4.69) is 72.4 Å². The van der Waals surface area contributed by atoms with Crippen LogP contribution in [0.4, 0.5) is 0 Å². The first kappa shape index (κ1) is 135. The number of hydrogen-bond donors (Lipinski definition) is 6. The zero-order chi connectivity index (χ0) is 83.4. The van der Waals surface area contributed by atoms with E-state index in [4.69, 9.17) is 88.4 Å². The van der Waals surface area contributed by atoms with Gasteiger partial charge in [0.05, 0.1) is 127 Å². The number of nitrogens with zero attached hydrogens (tertiary/aromatic N) is 6. The summed E-state index contributed by atoms with van der Waals surface area (Å²) in [6, 6.07) is -5.80. The van der Waals surface area contributed by atoms with Gasteiger partial charge in [0, 0.05) is 44.7 Å². The van der Waals surface area contributed by atoms with Crippen LogP contribution in [0.1, 0.15) is 133 Å². The summed E-state index contributed by atoms with van der Waals surface area (Å²) >= 11 is 12.7. The maximum absolute atomic E-state index is 11.8. The largest absolute Gasteiger partial charge is 1.00 e. The number of carbonyl (C=O) groups excluding carboxylic acids is 10. The fourth-order valence-corrected chi connectivity index (χ4v) is 13.8. The predicted molar refractivity (Wildman–Crippen MR) is 394 cm³/mol. The van der Waals surface area contributed by atoms with Gasteiger partial charge in [0.25, 0.3) is 0 Å². The molecule has 0 aliphatic heterocycles. The van der Waals surface area contributed by atoms with Gasteiger partial charge in [0.1, 0.15) is 30.6 Å². The number of ether oxygens (including phenoxy) is 10. The van der Waals surface area contributed by atoms with Gasteiger partial charge in [-0.25, -0.2) is 65.8 Å². The van der Waals surface area contributed by atoms with Crippen molar-refractivity contribution in [2.24, 2.45) is 5.11 Å². The molecule has 0 spiro atoms. The van der Waals surface area contributed by atoms with Crippen LogP contribution in [0.25, 0.3) is 26.4 Å². The van der Waals surface area contributed by atoms with Crippen molar-refractivity contribution < 1.29 is 257 Å². The normalized spacial score (nSPS) is 11.6. The zero-order valence-corrected chi connectivity index (χ0v) is 80.3. The minimum atomic E-state index is -3.83. The first-order valence-electron chi connectivity index (χ1n) is 32.4. The summed E-state index contributed by atoms with van der Waals surface area (Å²) in [4.78, 5) is 118. The van der Waals surface area contributed by atoms with Crippen molar-refractivity contribution in [3.05, 3.63) is 26.4 Å². The molecule has 56 heteroatoms. The van der Waals surface area contributed by atoms with E-state index in [1.165, 1.54) is 4.91 Å². The number of hydrogen-bond acceptors (Lipinski definition) is 31. The molecule has 111 heavy (non-hydrogen) atoms. The molecule has 42 nitrogen and oxygen atoms in total. The summed E-state index contributed by atoms with van der Waals surface area (Å²) < 4.78 is 171. The Labute approximate surface area is 752 Å². The number of nitrogens with one attached hydrogen (secondary N) is 4. The van der Waals surface area contributed by atoms with Crippen LogP contribution in [0.5, 0.6) is 0 Å². The number of azide groups is 1. The molecule has 0 aliphatic carbocycles. The number of carbonyl (C=O) groups is 10. The van der Waals surface area contributed by atoms with E-state index in [0.29, 0.717) is 49.3 Å². The van der Waals surface area contributed by atoms with Gasteiger partial charge in [-0.2, -0.15) is 0 Å². The van der Waals surface area contributed by atoms with Crippen LogP contribution >= 0.6 is 56.5 Å². The maximum Gasteiger partial charge on any atom is 1.00 e. The van der Waals surface area contributed by atoms with Crippen LogP contribution in [0.2, 0.25) is 0 Å². The summed E-state index contributed by atoms with van der Waals surface area (Å²) in [5.41, 5.74) is 28.7. The molecule has 5 atom stereocenters. The third-order valence-corrected chi connectivity index (χ3v) is 19.0. The Hall–Kier alpha value is -2.26. The predicted octanol–water partition coefficient (Wildman–Crippen LogP) is -13.9. The fraction of sp³-hybridized carbons (Fsp3) is 0.818. The van der Waals surface area contributed by atoms with Crippen LogP contribution in [0.15, 0.2) is 5.11 Å². The van der Waals surface area contributed by atoms with Gasteiger partial charge in [-0.3, -0.25) is 48.1 Å². The topological polar surface area (TPSA) is 645 Å². The second-order valence-electron chi connectivity index (χ2n) is 19.4. The van der Waals surface area contributed by atoms with Crippen molar-refractivity contribution in [2.45, 2.75) is 164 Å². The minimum absolute atomic E-state index is 0. The molecule has 0 aliphatic rings. The molecule has 0 bridgehead atoms. The van der Waals surface area contributed by atoms with Crippen molar-refractivity contribution in [2.75, 3.05) is 124 Å². The van der Waals surface area contributed by atoms with Crippen molar-refractivity contribution in [3.8, 4) is 0 Å². The summed E-state index contributed by atoms with van der Waals surface area (Å²) in [7, 11) is -13.3. The second-order valence-corrected chi connectivity index (χ2v) is 31.7.